The first kappa shape index (κ1) is 12.8. The second kappa shape index (κ2) is 5.21. The van der Waals surface area contributed by atoms with Gasteiger partial charge in [0, 0.05) is 11.7 Å². The smallest absolute Gasteiger partial charge is 0.343 e. The molecule has 0 aliphatic heterocycles. The van der Waals surface area contributed by atoms with Gasteiger partial charge in [-0.25, -0.2) is 4.79 Å². The summed E-state index contributed by atoms with van der Waals surface area (Å²) in [5.74, 6) is 0.306. The molecular formula is C10H16ClN3O2. The number of halogens is 1. The third-order valence-corrected chi connectivity index (χ3v) is 2.34. The van der Waals surface area contributed by atoms with Gasteiger partial charge >= 0.3 is 5.97 Å². The minimum atomic E-state index is -0.313. The number of aromatic nitrogens is 2. The minimum Gasteiger partial charge on any atom is -0.462 e. The number of aromatic amines is 1. The molecule has 0 saturated heterocycles. The predicted octanol–water partition coefficient (Wildman–Crippen LogP) is 1.89. The van der Waals surface area contributed by atoms with Crippen LogP contribution in [0.15, 0.2) is 0 Å². The van der Waals surface area contributed by atoms with E-state index in [2.05, 4.69) is 15.5 Å². The number of nitrogens with zero attached hydrogens (tertiary/aromatic N) is 1. The topological polar surface area (TPSA) is 67.0 Å². The minimum absolute atomic E-state index is 0. The summed E-state index contributed by atoms with van der Waals surface area (Å²) in [7, 11) is 0. The number of hydrogen-bond donors (Lipinski definition) is 2. The normalized spacial score (nSPS) is 14.1. The zero-order valence-electron chi connectivity index (χ0n) is 9.37. The molecule has 1 aromatic heterocycles. The summed E-state index contributed by atoms with van der Waals surface area (Å²) in [5, 5.41) is 10.1. The van der Waals surface area contributed by atoms with Gasteiger partial charge in [0.25, 0.3) is 0 Å². The van der Waals surface area contributed by atoms with Crippen LogP contribution in [0.25, 0.3) is 0 Å². The van der Waals surface area contributed by atoms with Crippen molar-refractivity contribution in [2.24, 2.45) is 0 Å². The second-order valence-electron chi connectivity index (χ2n) is 3.71. The molecule has 1 aliphatic rings. The van der Waals surface area contributed by atoms with Crippen molar-refractivity contribution in [2.45, 2.75) is 32.7 Å². The van der Waals surface area contributed by atoms with Crippen molar-refractivity contribution >= 4 is 24.2 Å². The largest absolute Gasteiger partial charge is 0.462 e. The van der Waals surface area contributed by atoms with Crippen molar-refractivity contribution in [3.05, 3.63) is 11.3 Å². The van der Waals surface area contributed by atoms with Crippen LogP contribution in [-0.4, -0.2) is 28.8 Å². The molecule has 1 heterocycles. The van der Waals surface area contributed by atoms with Gasteiger partial charge in [0.1, 0.15) is 5.56 Å². The van der Waals surface area contributed by atoms with E-state index in [1.807, 2.05) is 6.92 Å². The third kappa shape index (κ3) is 2.66. The van der Waals surface area contributed by atoms with Gasteiger partial charge in [-0.15, -0.1) is 12.4 Å². The maximum absolute atomic E-state index is 11.6. The zero-order chi connectivity index (χ0) is 10.8. The molecule has 0 unspecified atom stereocenters. The fourth-order valence-electron chi connectivity index (χ4n) is 1.41. The maximum atomic E-state index is 11.6. The Morgan fingerprint density at radius 1 is 1.62 bits per heavy atom. The van der Waals surface area contributed by atoms with Gasteiger partial charge in [0.15, 0.2) is 5.82 Å². The highest BCUT2D eigenvalue weighted by Crippen LogP contribution is 2.26. The number of anilines is 1. The van der Waals surface area contributed by atoms with Gasteiger partial charge in [-0.2, -0.15) is 5.10 Å². The van der Waals surface area contributed by atoms with E-state index in [1.54, 1.807) is 6.92 Å². The Kier molecular flexibility index (Phi) is 4.18. The number of nitrogens with one attached hydrogen (secondary N) is 2. The fourth-order valence-corrected chi connectivity index (χ4v) is 1.41. The number of ether oxygens (including phenoxy) is 1. The van der Waals surface area contributed by atoms with Crippen molar-refractivity contribution in [1.82, 2.24) is 10.2 Å². The summed E-state index contributed by atoms with van der Waals surface area (Å²) < 4.78 is 4.97. The van der Waals surface area contributed by atoms with Crippen molar-refractivity contribution in [2.75, 3.05) is 11.9 Å². The molecule has 6 heteroatoms. The molecule has 0 bridgehead atoms. The Bertz CT molecular complexity index is 374. The van der Waals surface area contributed by atoms with E-state index in [0.29, 0.717) is 24.0 Å². The quantitative estimate of drug-likeness (QED) is 0.795. The van der Waals surface area contributed by atoms with E-state index >= 15 is 0 Å². The Morgan fingerprint density at radius 2 is 2.31 bits per heavy atom. The molecule has 0 amide bonds. The van der Waals surface area contributed by atoms with Crippen LogP contribution in [0.2, 0.25) is 0 Å². The predicted molar refractivity (Wildman–Crippen MR) is 63.2 cm³/mol. The number of aryl methyl sites for hydroxylation is 1. The SMILES string of the molecule is CCOC(=O)c1c(NC2CC2)n[nH]c1C.Cl. The van der Waals surface area contributed by atoms with E-state index in [4.69, 9.17) is 4.74 Å². The number of carbonyl (C=O) groups excluding carboxylic acids is 1. The maximum Gasteiger partial charge on any atom is 0.343 e. The van der Waals surface area contributed by atoms with Gasteiger partial charge in [0.2, 0.25) is 0 Å². The number of esters is 1. The molecule has 90 valence electrons. The van der Waals surface area contributed by atoms with E-state index in [9.17, 15) is 4.79 Å². The Labute approximate surface area is 100 Å². The lowest BCUT2D eigenvalue weighted by atomic mass is 10.2. The molecule has 0 spiro atoms. The van der Waals surface area contributed by atoms with Gasteiger partial charge in [-0.1, -0.05) is 0 Å². The molecule has 5 nitrogen and oxygen atoms in total. The lowest BCUT2D eigenvalue weighted by molar-refractivity contribution is 0.0527. The molecule has 1 aromatic rings. The first-order valence-corrected chi connectivity index (χ1v) is 5.21. The zero-order valence-corrected chi connectivity index (χ0v) is 10.2. The molecule has 0 radical (unpaired) electrons. The van der Waals surface area contributed by atoms with Crippen LogP contribution in [0, 0.1) is 6.92 Å². The molecule has 2 N–H and O–H groups in total. The average Bonchev–Trinajstić information content (AvgIpc) is 2.91. The molecule has 0 atom stereocenters. The van der Waals surface area contributed by atoms with Gasteiger partial charge in [-0.3, -0.25) is 5.10 Å². The van der Waals surface area contributed by atoms with Crippen LogP contribution in [0.1, 0.15) is 35.8 Å². The van der Waals surface area contributed by atoms with Crippen molar-refractivity contribution in [1.29, 1.82) is 0 Å². The highest BCUT2D eigenvalue weighted by molar-refractivity contribution is 5.96. The Hall–Kier alpha value is -1.23. The van der Waals surface area contributed by atoms with Gasteiger partial charge in [0.05, 0.1) is 6.61 Å². The van der Waals surface area contributed by atoms with Gasteiger partial charge < -0.3 is 10.1 Å². The van der Waals surface area contributed by atoms with Crippen LogP contribution < -0.4 is 5.32 Å². The van der Waals surface area contributed by atoms with E-state index in [-0.39, 0.29) is 18.4 Å². The molecule has 0 aromatic carbocycles. The molecule has 1 fully saturated rings. The number of hydrogen-bond acceptors (Lipinski definition) is 4. The average molecular weight is 246 g/mol. The van der Waals surface area contributed by atoms with Crippen LogP contribution >= 0.6 is 12.4 Å². The van der Waals surface area contributed by atoms with Crippen molar-refractivity contribution in [3.63, 3.8) is 0 Å². The Balaban J connectivity index is 0.00000128. The summed E-state index contributed by atoms with van der Waals surface area (Å²) in [4.78, 5) is 11.6. The van der Waals surface area contributed by atoms with E-state index in [1.165, 1.54) is 0 Å². The lowest BCUT2D eigenvalue weighted by Crippen LogP contribution is -2.10. The summed E-state index contributed by atoms with van der Waals surface area (Å²) in [6.07, 6.45) is 2.29. The molecule has 1 aliphatic carbocycles. The highest BCUT2D eigenvalue weighted by Gasteiger charge is 2.26. The monoisotopic (exact) mass is 245 g/mol. The van der Waals surface area contributed by atoms with E-state index in [0.717, 1.165) is 18.5 Å². The molecule has 16 heavy (non-hydrogen) atoms. The van der Waals surface area contributed by atoms with Gasteiger partial charge in [-0.05, 0) is 26.7 Å². The van der Waals surface area contributed by atoms with Crippen molar-refractivity contribution < 1.29 is 9.53 Å². The lowest BCUT2D eigenvalue weighted by Gasteiger charge is -2.04. The summed E-state index contributed by atoms with van der Waals surface area (Å²) in [6, 6.07) is 0.473. The van der Waals surface area contributed by atoms with Crippen LogP contribution in [0.5, 0.6) is 0 Å². The highest BCUT2D eigenvalue weighted by atomic mass is 35.5. The summed E-state index contributed by atoms with van der Waals surface area (Å²) in [6.45, 7) is 3.99. The van der Waals surface area contributed by atoms with Crippen LogP contribution in [0.4, 0.5) is 5.82 Å². The number of rotatable bonds is 4. The van der Waals surface area contributed by atoms with Crippen LogP contribution in [-0.2, 0) is 4.74 Å². The number of H-pyrrole nitrogens is 1. The Morgan fingerprint density at radius 3 is 2.88 bits per heavy atom. The fraction of sp³-hybridized carbons (Fsp3) is 0.600. The third-order valence-electron chi connectivity index (χ3n) is 2.34. The molecule has 1 saturated carbocycles. The summed E-state index contributed by atoms with van der Waals surface area (Å²) in [5.41, 5.74) is 1.28. The summed E-state index contributed by atoms with van der Waals surface area (Å²) >= 11 is 0. The van der Waals surface area contributed by atoms with Crippen molar-refractivity contribution in [3.8, 4) is 0 Å². The number of carbonyl (C=O) groups is 1. The first-order valence-electron chi connectivity index (χ1n) is 5.21. The van der Waals surface area contributed by atoms with Crippen LogP contribution in [0.3, 0.4) is 0 Å². The second-order valence-corrected chi connectivity index (χ2v) is 3.71. The first-order chi connectivity index (χ1) is 7.22. The molecular weight excluding hydrogens is 230 g/mol. The molecule has 2 rings (SSSR count). The van der Waals surface area contributed by atoms with E-state index < -0.39 is 0 Å². The standard InChI is InChI=1S/C10H15N3O2.ClH/c1-3-15-10(14)8-6(2)12-13-9(8)11-7-4-5-7;/h7H,3-5H2,1-2H3,(H2,11,12,13);1H.